The minimum absolute atomic E-state index is 0.0103. The van der Waals surface area contributed by atoms with Crippen LogP contribution in [0.3, 0.4) is 0 Å². The van der Waals surface area contributed by atoms with Crippen LogP contribution in [-0.4, -0.2) is 56.6 Å². The van der Waals surface area contributed by atoms with Crippen LogP contribution in [0.25, 0.3) is 0 Å². The van der Waals surface area contributed by atoms with Gasteiger partial charge >= 0.3 is 17.9 Å². The molecule has 0 fully saturated rings. The third-order valence-electron chi connectivity index (χ3n) is 3.00. The maximum Gasteiger partial charge on any atom is 0.336 e. The van der Waals surface area contributed by atoms with Gasteiger partial charge in [-0.1, -0.05) is 19.1 Å². The summed E-state index contributed by atoms with van der Waals surface area (Å²) in [5.41, 5.74) is -0.570. The number of carboxylic acid groups (broad SMARTS) is 3. The molecule has 0 radical (unpaired) electrons. The quantitative estimate of drug-likeness (QED) is 0.677. The van der Waals surface area contributed by atoms with Crippen molar-refractivity contribution in [3.8, 4) is 0 Å². The second-order valence-corrected chi connectivity index (χ2v) is 4.44. The Hall–Kier alpha value is -2.90. The average molecular weight is 309 g/mol. The molecule has 1 aromatic rings. The largest absolute Gasteiger partial charge is 0.480 e. The van der Waals surface area contributed by atoms with Gasteiger partial charge in [0, 0.05) is 0 Å². The van der Waals surface area contributed by atoms with Crippen LogP contribution in [0.1, 0.15) is 34.1 Å². The van der Waals surface area contributed by atoms with Gasteiger partial charge in [-0.2, -0.15) is 0 Å². The molecular weight excluding hydrogens is 294 g/mol. The fraction of sp³-hybridized carbons (Fsp3) is 0.286. The Bertz CT molecular complexity index is 611. The van der Waals surface area contributed by atoms with Crippen LogP contribution in [0.5, 0.6) is 0 Å². The van der Waals surface area contributed by atoms with Gasteiger partial charge in [-0.25, -0.2) is 9.59 Å². The van der Waals surface area contributed by atoms with Gasteiger partial charge in [-0.15, -0.1) is 0 Å². The number of aliphatic carboxylic acids is 2. The van der Waals surface area contributed by atoms with Crippen LogP contribution in [0.4, 0.5) is 0 Å². The van der Waals surface area contributed by atoms with E-state index in [0.717, 1.165) is 0 Å². The van der Waals surface area contributed by atoms with Crippen molar-refractivity contribution in [2.75, 3.05) is 6.54 Å². The number of hydrogen-bond donors (Lipinski definition) is 3. The first-order valence-electron chi connectivity index (χ1n) is 6.37. The standard InChI is InChI=1S/C14H15NO7/c1-2-10(14(21)22)15(7-11(16)17)12(18)8-5-3-4-6-9(8)13(19)20/h3-6,10H,2,7H2,1H3,(H,16,17)(H,19,20)(H,21,22)/t10-/m0/s1. The molecule has 118 valence electrons. The highest BCUT2D eigenvalue weighted by atomic mass is 16.4. The van der Waals surface area contributed by atoms with Crippen LogP contribution in [0, 0.1) is 0 Å². The highest BCUT2D eigenvalue weighted by molar-refractivity contribution is 6.06. The van der Waals surface area contributed by atoms with Gasteiger partial charge in [0.2, 0.25) is 0 Å². The summed E-state index contributed by atoms with van der Waals surface area (Å²) in [7, 11) is 0. The van der Waals surface area contributed by atoms with E-state index in [1.807, 2.05) is 0 Å². The molecule has 0 unspecified atom stereocenters. The number of nitrogens with zero attached hydrogens (tertiary/aromatic N) is 1. The molecule has 0 saturated carbocycles. The van der Waals surface area contributed by atoms with Gasteiger partial charge in [0.1, 0.15) is 12.6 Å². The number of amides is 1. The summed E-state index contributed by atoms with van der Waals surface area (Å²) >= 11 is 0. The molecule has 1 atom stereocenters. The molecule has 0 aromatic heterocycles. The third kappa shape index (κ3) is 3.81. The van der Waals surface area contributed by atoms with E-state index in [9.17, 15) is 19.2 Å². The molecule has 0 bridgehead atoms. The lowest BCUT2D eigenvalue weighted by Crippen LogP contribution is -2.47. The molecule has 0 aliphatic rings. The molecule has 0 saturated heterocycles. The fourth-order valence-electron chi connectivity index (χ4n) is 2.01. The predicted octanol–water partition coefficient (Wildman–Crippen LogP) is 0.775. The first-order valence-corrected chi connectivity index (χ1v) is 6.37. The molecule has 3 N–H and O–H groups in total. The van der Waals surface area contributed by atoms with E-state index in [-0.39, 0.29) is 17.5 Å². The minimum Gasteiger partial charge on any atom is -0.480 e. The Morgan fingerprint density at radius 3 is 2.00 bits per heavy atom. The monoisotopic (exact) mass is 309 g/mol. The van der Waals surface area contributed by atoms with Crippen molar-refractivity contribution in [3.05, 3.63) is 35.4 Å². The molecule has 8 nitrogen and oxygen atoms in total. The van der Waals surface area contributed by atoms with Crippen LogP contribution in [-0.2, 0) is 9.59 Å². The van der Waals surface area contributed by atoms with Crippen molar-refractivity contribution >= 4 is 23.8 Å². The van der Waals surface area contributed by atoms with Gasteiger partial charge in [0.25, 0.3) is 5.91 Å². The first kappa shape index (κ1) is 17.2. The Kier molecular flexibility index (Phi) is 5.62. The Morgan fingerprint density at radius 2 is 1.59 bits per heavy atom. The van der Waals surface area contributed by atoms with Crippen molar-refractivity contribution in [2.45, 2.75) is 19.4 Å². The zero-order valence-corrected chi connectivity index (χ0v) is 11.7. The molecule has 1 aromatic carbocycles. The lowest BCUT2D eigenvalue weighted by Gasteiger charge is -2.27. The number of aromatic carboxylic acids is 1. The molecule has 0 spiro atoms. The molecule has 0 aliphatic carbocycles. The maximum atomic E-state index is 12.4. The molecule has 22 heavy (non-hydrogen) atoms. The Morgan fingerprint density at radius 1 is 1.05 bits per heavy atom. The first-order chi connectivity index (χ1) is 10.3. The highest BCUT2D eigenvalue weighted by Crippen LogP contribution is 2.15. The SMILES string of the molecule is CC[C@@H](C(=O)O)N(CC(=O)O)C(=O)c1ccccc1C(=O)O. The summed E-state index contributed by atoms with van der Waals surface area (Å²) in [6.45, 7) is 0.654. The highest BCUT2D eigenvalue weighted by Gasteiger charge is 2.32. The van der Waals surface area contributed by atoms with Crippen LogP contribution in [0.15, 0.2) is 24.3 Å². The van der Waals surface area contributed by atoms with Gasteiger partial charge in [0.05, 0.1) is 11.1 Å². The van der Waals surface area contributed by atoms with E-state index in [1.165, 1.54) is 31.2 Å². The number of carbonyl (C=O) groups excluding carboxylic acids is 1. The lowest BCUT2D eigenvalue weighted by molar-refractivity contribution is -0.144. The van der Waals surface area contributed by atoms with Gasteiger partial charge in [-0.3, -0.25) is 9.59 Å². The van der Waals surface area contributed by atoms with E-state index in [0.29, 0.717) is 4.90 Å². The summed E-state index contributed by atoms with van der Waals surface area (Å²) in [5.74, 6) is -5.05. The number of rotatable bonds is 7. The molecule has 0 aliphatic heterocycles. The summed E-state index contributed by atoms with van der Waals surface area (Å²) in [5, 5.41) is 27.1. The van der Waals surface area contributed by atoms with Gasteiger partial charge < -0.3 is 20.2 Å². The number of carboxylic acids is 3. The summed E-state index contributed by atoms with van der Waals surface area (Å²) < 4.78 is 0. The zero-order valence-electron chi connectivity index (χ0n) is 11.7. The summed E-state index contributed by atoms with van der Waals surface area (Å²) in [6, 6.07) is 3.88. The van der Waals surface area contributed by atoms with Gasteiger partial charge in [-0.05, 0) is 18.6 Å². The minimum atomic E-state index is -1.39. The smallest absolute Gasteiger partial charge is 0.336 e. The predicted molar refractivity (Wildman–Crippen MR) is 73.8 cm³/mol. The number of hydrogen-bond acceptors (Lipinski definition) is 4. The van der Waals surface area contributed by atoms with Crippen LogP contribution in [0.2, 0.25) is 0 Å². The van der Waals surface area contributed by atoms with E-state index in [1.54, 1.807) is 0 Å². The van der Waals surface area contributed by atoms with Crippen LogP contribution < -0.4 is 0 Å². The Labute approximate surface area is 125 Å². The van der Waals surface area contributed by atoms with Crippen molar-refractivity contribution in [1.82, 2.24) is 4.90 Å². The summed E-state index contributed by atoms with van der Waals surface area (Å²) in [4.78, 5) is 46.3. The molecule has 1 amide bonds. The van der Waals surface area contributed by atoms with Crippen molar-refractivity contribution in [3.63, 3.8) is 0 Å². The maximum absolute atomic E-state index is 12.4. The van der Waals surface area contributed by atoms with E-state index in [4.69, 9.17) is 15.3 Å². The van der Waals surface area contributed by atoms with Crippen molar-refractivity contribution < 1.29 is 34.5 Å². The zero-order chi connectivity index (χ0) is 16.9. The second-order valence-electron chi connectivity index (χ2n) is 4.44. The molecule has 1 rings (SSSR count). The van der Waals surface area contributed by atoms with E-state index in [2.05, 4.69) is 0 Å². The van der Waals surface area contributed by atoms with Crippen LogP contribution >= 0.6 is 0 Å². The average Bonchev–Trinajstić information content (AvgIpc) is 2.45. The van der Waals surface area contributed by atoms with E-state index < -0.39 is 36.4 Å². The van der Waals surface area contributed by atoms with Gasteiger partial charge in [0.15, 0.2) is 0 Å². The molecule has 8 heteroatoms. The molecular formula is C14H15NO7. The lowest BCUT2D eigenvalue weighted by atomic mass is 10.0. The Balaban J connectivity index is 3.31. The molecule has 0 heterocycles. The van der Waals surface area contributed by atoms with E-state index >= 15 is 0 Å². The van der Waals surface area contributed by atoms with Crippen molar-refractivity contribution in [2.24, 2.45) is 0 Å². The van der Waals surface area contributed by atoms with Crippen molar-refractivity contribution in [1.29, 1.82) is 0 Å². The fourth-order valence-corrected chi connectivity index (χ4v) is 2.01. The number of benzene rings is 1. The summed E-state index contributed by atoms with van der Waals surface area (Å²) in [6.07, 6.45) is -0.0103. The second kappa shape index (κ2) is 7.21. The third-order valence-corrected chi connectivity index (χ3v) is 3.00. The number of carbonyl (C=O) groups is 4. The topological polar surface area (TPSA) is 132 Å². The normalized spacial score (nSPS) is 11.5.